The molecule has 1 aliphatic heterocycles. The maximum absolute atomic E-state index is 13.4. The van der Waals surface area contributed by atoms with E-state index in [1.165, 1.54) is 6.08 Å². The summed E-state index contributed by atoms with van der Waals surface area (Å²) < 4.78 is 37.9. The molecule has 12 heteroatoms. The molecule has 12 nitrogen and oxygen atoms in total. The van der Waals surface area contributed by atoms with E-state index in [0.717, 1.165) is 27.0 Å². The first-order chi connectivity index (χ1) is 18.9. The van der Waals surface area contributed by atoms with E-state index in [9.17, 15) is 24.0 Å². The predicted octanol–water partition coefficient (Wildman–Crippen LogP) is 1.78. The van der Waals surface area contributed by atoms with Crippen LogP contribution in [-0.2, 0) is 63.6 Å². The van der Waals surface area contributed by atoms with Crippen molar-refractivity contribution < 1.29 is 57.1 Å². The van der Waals surface area contributed by atoms with E-state index >= 15 is 0 Å². The molecule has 0 saturated carbocycles. The minimum absolute atomic E-state index is 0.0969. The molecule has 1 saturated heterocycles. The number of terminal acetylenes is 1. The molecule has 0 bridgehead atoms. The van der Waals surface area contributed by atoms with Gasteiger partial charge in [0.15, 0.2) is 0 Å². The first-order valence-electron chi connectivity index (χ1n) is 12.3. The molecule has 1 heterocycles. The third-order valence-electron chi connectivity index (χ3n) is 5.58. The standard InChI is InChI=1S/C28H32O12/c1-7-15-35-26(33)28(25(32)34-9-3,16-21-13-11-10-12-14-21)36-17-22-27(8-2,40-20(6)31)23(37-18(4)29)24(39-22)38-19(5)30/h2,7,10-15,22-24H,9,16-17H2,1,3-6H3/b15-7-/t22-,23+,24?,27-,28?/m1/s1. The zero-order chi connectivity index (χ0) is 29.9. The number of allylic oxidation sites excluding steroid dienone is 1. The van der Waals surface area contributed by atoms with Crippen LogP contribution in [0.2, 0.25) is 0 Å². The van der Waals surface area contributed by atoms with Gasteiger partial charge in [0, 0.05) is 27.2 Å². The zero-order valence-corrected chi connectivity index (χ0v) is 22.9. The van der Waals surface area contributed by atoms with Crippen LogP contribution in [0.1, 0.15) is 40.2 Å². The molecule has 216 valence electrons. The lowest BCUT2D eigenvalue weighted by atomic mass is 9.91. The van der Waals surface area contributed by atoms with E-state index < -0.39 is 66.2 Å². The van der Waals surface area contributed by atoms with Gasteiger partial charge in [-0.05, 0) is 19.4 Å². The molecule has 5 atom stereocenters. The van der Waals surface area contributed by atoms with E-state index in [-0.39, 0.29) is 13.0 Å². The van der Waals surface area contributed by atoms with Crippen LogP contribution in [-0.4, -0.2) is 72.8 Å². The van der Waals surface area contributed by atoms with E-state index in [1.54, 1.807) is 44.2 Å². The highest BCUT2D eigenvalue weighted by molar-refractivity contribution is 6.04. The van der Waals surface area contributed by atoms with Gasteiger partial charge in [-0.25, -0.2) is 9.59 Å². The summed E-state index contributed by atoms with van der Waals surface area (Å²) in [7, 11) is 0. The smallest absolute Gasteiger partial charge is 0.355 e. The molecule has 0 amide bonds. The molecule has 1 aliphatic rings. The van der Waals surface area contributed by atoms with Crippen molar-refractivity contribution in [3.8, 4) is 12.3 Å². The van der Waals surface area contributed by atoms with Gasteiger partial charge in [0.1, 0.15) is 6.10 Å². The molecule has 40 heavy (non-hydrogen) atoms. The number of ether oxygens (including phenoxy) is 7. The SMILES string of the molecule is C#C[C@@]1(OC(C)=O)[C@@H](COC(Cc2ccccc2)(C(=O)O/C=C\C)C(=O)OCC)OC(OC(C)=O)[C@@H]1OC(C)=O. The first kappa shape index (κ1) is 32.0. The maximum atomic E-state index is 13.4. The molecule has 1 aromatic rings. The highest BCUT2D eigenvalue weighted by atomic mass is 16.8. The van der Waals surface area contributed by atoms with Crippen molar-refractivity contribution in [2.45, 2.75) is 70.7 Å². The van der Waals surface area contributed by atoms with Crippen LogP contribution in [0.15, 0.2) is 42.7 Å². The van der Waals surface area contributed by atoms with Crippen LogP contribution < -0.4 is 0 Å². The second-order valence-electron chi connectivity index (χ2n) is 8.56. The molecule has 0 radical (unpaired) electrons. The van der Waals surface area contributed by atoms with Crippen LogP contribution in [0.3, 0.4) is 0 Å². The number of hydrogen-bond acceptors (Lipinski definition) is 12. The normalized spacial score (nSPS) is 23.4. The summed E-state index contributed by atoms with van der Waals surface area (Å²) in [6, 6.07) is 8.44. The van der Waals surface area contributed by atoms with E-state index in [0.29, 0.717) is 5.56 Å². The molecule has 0 aliphatic carbocycles. The van der Waals surface area contributed by atoms with Gasteiger partial charge in [-0.2, -0.15) is 0 Å². The third-order valence-corrected chi connectivity index (χ3v) is 5.58. The van der Waals surface area contributed by atoms with Crippen LogP contribution in [0.25, 0.3) is 0 Å². The highest BCUT2D eigenvalue weighted by Crippen LogP contribution is 2.39. The summed E-state index contributed by atoms with van der Waals surface area (Å²) >= 11 is 0. The van der Waals surface area contributed by atoms with Crippen LogP contribution >= 0.6 is 0 Å². The number of carbonyl (C=O) groups is 5. The molecule has 2 unspecified atom stereocenters. The minimum atomic E-state index is -2.38. The highest BCUT2D eigenvalue weighted by Gasteiger charge is 2.64. The minimum Gasteiger partial charge on any atom is -0.463 e. The molecule has 1 aromatic carbocycles. The lowest BCUT2D eigenvalue weighted by Crippen LogP contribution is -2.57. The van der Waals surface area contributed by atoms with E-state index in [4.69, 9.17) is 39.6 Å². The largest absolute Gasteiger partial charge is 0.463 e. The number of benzene rings is 1. The molecular formula is C28H32O12. The van der Waals surface area contributed by atoms with Gasteiger partial charge < -0.3 is 33.2 Å². The Kier molecular flexibility index (Phi) is 11.4. The second-order valence-corrected chi connectivity index (χ2v) is 8.56. The first-order valence-corrected chi connectivity index (χ1v) is 12.3. The predicted molar refractivity (Wildman–Crippen MR) is 136 cm³/mol. The van der Waals surface area contributed by atoms with Crippen molar-refractivity contribution in [2.24, 2.45) is 0 Å². The number of hydrogen-bond donors (Lipinski definition) is 0. The Labute approximate surface area is 231 Å². The molecule has 2 rings (SSSR count). The van der Waals surface area contributed by atoms with Gasteiger partial charge >= 0.3 is 29.8 Å². The Morgan fingerprint density at radius 3 is 2.20 bits per heavy atom. The third kappa shape index (κ3) is 7.46. The van der Waals surface area contributed by atoms with Gasteiger partial charge in [-0.1, -0.05) is 42.3 Å². The number of carbonyl (C=O) groups excluding carboxylic acids is 5. The molecule has 0 N–H and O–H groups in total. The molecule has 1 fully saturated rings. The van der Waals surface area contributed by atoms with Gasteiger partial charge in [-0.15, -0.1) is 6.42 Å². The Bertz CT molecular complexity index is 1150. The summed E-state index contributed by atoms with van der Waals surface area (Å²) in [5.41, 5.74) is -4.05. The Morgan fingerprint density at radius 1 is 1.02 bits per heavy atom. The number of esters is 5. The zero-order valence-electron chi connectivity index (χ0n) is 22.9. The summed E-state index contributed by atoms with van der Waals surface area (Å²) in [6.07, 6.45) is 3.20. The van der Waals surface area contributed by atoms with Crippen molar-refractivity contribution in [3.63, 3.8) is 0 Å². The van der Waals surface area contributed by atoms with Crippen molar-refractivity contribution in [1.29, 1.82) is 0 Å². The summed E-state index contributed by atoms with van der Waals surface area (Å²) in [6.45, 7) is 5.52. The fraction of sp³-hybridized carbons (Fsp3) is 0.464. The Hall–Kier alpha value is -4.21. The van der Waals surface area contributed by atoms with E-state index in [2.05, 4.69) is 5.92 Å². The van der Waals surface area contributed by atoms with Crippen molar-refractivity contribution >= 4 is 29.8 Å². The summed E-state index contributed by atoms with van der Waals surface area (Å²) in [4.78, 5) is 62.5. The van der Waals surface area contributed by atoms with Gasteiger partial charge in [0.2, 0.25) is 18.0 Å². The van der Waals surface area contributed by atoms with Crippen LogP contribution in [0.4, 0.5) is 0 Å². The van der Waals surface area contributed by atoms with Crippen LogP contribution in [0, 0.1) is 12.3 Å². The van der Waals surface area contributed by atoms with Gasteiger partial charge in [-0.3, -0.25) is 14.4 Å². The Morgan fingerprint density at radius 2 is 1.68 bits per heavy atom. The topological polar surface area (TPSA) is 150 Å². The average Bonchev–Trinajstić information content (AvgIpc) is 3.16. The fourth-order valence-electron chi connectivity index (χ4n) is 3.99. The molecule has 0 aromatic heterocycles. The maximum Gasteiger partial charge on any atom is 0.355 e. The van der Waals surface area contributed by atoms with Gasteiger partial charge in [0.25, 0.3) is 5.60 Å². The van der Waals surface area contributed by atoms with Gasteiger partial charge in [0.05, 0.1) is 19.5 Å². The van der Waals surface area contributed by atoms with Crippen molar-refractivity contribution in [2.75, 3.05) is 13.2 Å². The van der Waals surface area contributed by atoms with Crippen molar-refractivity contribution in [1.82, 2.24) is 0 Å². The summed E-state index contributed by atoms with van der Waals surface area (Å²) in [5.74, 6) is -2.48. The lowest BCUT2D eigenvalue weighted by molar-refractivity contribution is -0.205. The fourth-order valence-corrected chi connectivity index (χ4v) is 3.99. The average molecular weight is 561 g/mol. The summed E-state index contributed by atoms with van der Waals surface area (Å²) in [5, 5.41) is 0. The molecular weight excluding hydrogens is 528 g/mol. The second kappa shape index (κ2) is 14.3. The number of rotatable bonds is 12. The molecule has 0 spiro atoms. The monoisotopic (exact) mass is 560 g/mol. The van der Waals surface area contributed by atoms with Crippen molar-refractivity contribution in [3.05, 3.63) is 48.2 Å². The quantitative estimate of drug-likeness (QED) is 0.121. The van der Waals surface area contributed by atoms with E-state index in [1.807, 2.05) is 0 Å². The lowest BCUT2D eigenvalue weighted by Gasteiger charge is -2.34. The van der Waals surface area contributed by atoms with Crippen LogP contribution in [0.5, 0.6) is 0 Å². The Balaban J connectivity index is 2.61.